The summed E-state index contributed by atoms with van der Waals surface area (Å²) >= 11 is 0. The number of hydrogen-bond acceptors (Lipinski definition) is 2. The molecule has 72 valence electrons. The molecule has 0 N–H and O–H groups in total. The molecule has 0 saturated heterocycles. The molecule has 0 spiro atoms. The van der Waals surface area contributed by atoms with Crippen LogP contribution in [0, 0.1) is 5.41 Å². The van der Waals surface area contributed by atoms with E-state index < -0.39 is 12.2 Å². The van der Waals surface area contributed by atoms with E-state index in [1.54, 1.807) is 0 Å². The zero-order valence-corrected chi connectivity index (χ0v) is 8.02. The Kier molecular flexibility index (Phi) is 4.01. The van der Waals surface area contributed by atoms with Crippen LogP contribution in [0.15, 0.2) is 17.8 Å². The molecule has 5 heteroatoms. The lowest BCUT2D eigenvalue weighted by atomic mass is 9.89. The number of azide groups is 1. The standard InChI is InChI=1S/C8H13N3O2/c1-5-6(8(2,3)4)13-7(12)10-11-9/h5-6H,1H2,2-4H3. The number of nitrogens with zero attached hydrogens (tertiary/aromatic N) is 3. The van der Waals surface area contributed by atoms with E-state index in [-0.39, 0.29) is 5.41 Å². The van der Waals surface area contributed by atoms with E-state index in [0.29, 0.717) is 0 Å². The van der Waals surface area contributed by atoms with Crippen molar-refractivity contribution >= 4 is 6.09 Å². The third-order valence-corrected chi connectivity index (χ3v) is 1.42. The molecule has 0 aliphatic rings. The molecule has 0 heterocycles. The molecule has 0 aromatic rings. The highest BCUT2D eigenvalue weighted by molar-refractivity contribution is 5.68. The summed E-state index contributed by atoms with van der Waals surface area (Å²) in [5.41, 5.74) is 7.71. The minimum atomic E-state index is -0.928. The van der Waals surface area contributed by atoms with Crippen molar-refractivity contribution < 1.29 is 9.53 Å². The monoisotopic (exact) mass is 183 g/mol. The summed E-state index contributed by atoms with van der Waals surface area (Å²) in [6.07, 6.45) is 0.123. The van der Waals surface area contributed by atoms with Gasteiger partial charge in [-0.05, 0) is 5.53 Å². The van der Waals surface area contributed by atoms with Gasteiger partial charge in [-0.3, -0.25) is 0 Å². The van der Waals surface area contributed by atoms with Crippen LogP contribution in [0.3, 0.4) is 0 Å². The average molecular weight is 183 g/mol. The highest BCUT2D eigenvalue weighted by Crippen LogP contribution is 2.23. The molecule has 1 unspecified atom stereocenters. The molecule has 0 aromatic heterocycles. The van der Waals surface area contributed by atoms with Crippen LogP contribution >= 0.6 is 0 Å². The van der Waals surface area contributed by atoms with Crippen LogP contribution in [0.4, 0.5) is 4.79 Å². The normalized spacial score (nSPS) is 12.5. The van der Waals surface area contributed by atoms with Gasteiger partial charge in [-0.1, -0.05) is 33.4 Å². The first-order valence-corrected chi connectivity index (χ1v) is 3.80. The quantitative estimate of drug-likeness (QED) is 0.285. The first-order valence-electron chi connectivity index (χ1n) is 3.80. The van der Waals surface area contributed by atoms with E-state index in [1.807, 2.05) is 20.8 Å². The summed E-state index contributed by atoms with van der Waals surface area (Å²) in [7, 11) is 0. The van der Waals surface area contributed by atoms with Gasteiger partial charge in [-0.25, -0.2) is 4.79 Å². The number of hydrogen-bond donors (Lipinski definition) is 0. The second-order valence-corrected chi connectivity index (χ2v) is 3.60. The molecule has 13 heavy (non-hydrogen) atoms. The number of rotatable bonds is 2. The summed E-state index contributed by atoms with van der Waals surface area (Å²) in [6.45, 7) is 9.20. The number of carbonyl (C=O) groups excluding carboxylic acids is 1. The Balaban J connectivity index is 4.38. The number of ether oxygens (including phenoxy) is 1. The lowest BCUT2D eigenvalue weighted by Crippen LogP contribution is -2.28. The van der Waals surface area contributed by atoms with Gasteiger partial charge < -0.3 is 4.74 Å². The summed E-state index contributed by atoms with van der Waals surface area (Å²) in [5.74, 6) is 0. The lowest BCUT2D eigenvalue weighted by Gasteiger charge is -2.26. The van der Waals surface area contributed by atoms with E-state index in [4.69, 9.17) is 10.3 Å². The maximum Gasteiger partial charge on any atom is 0.397 e. The predicted octanol–water partition coefficient (Wildman–Crippen LogP) is 3.03. The minimum Gasteiger partial charge on any atom is -0.453 e. The maximum absolute atomic E-state index is 10.8. The van der Waals surface area contributed by atoms with Gasteiger partial charge in [0.1, 0.15) is 6.10 Å². The summed E-state index contributed by atoms with van der Waals surface area (Å²) in [4.78, 5) is 13.1. The van der Waals surface area contributed by atoms with Crippen molar-refractivity contribution in [2.24, 2.45) is 10.5 Å². The molecule has 0 aliphatic heterocycles. The Morgan fingerprint density at radius 3 is 2.54 bits per heavy atom. The smallest absolute Gasteiger partial charge is 0.397 e. The van der Waals surface area contributed by atoms with E-state index in [9.17, 15) is 4.79 Å². The molecular weight excluding hydrogens is 170 g/mol. The van der Waals surface area contributed by atoms with Crippen molar-refractivity contribution in [3.05, 3.63) is 23.1 Å². The minimum absolute atomic E-state index is 0.248. The Morgan fingerprint density at radius 2 is 2.23 bits per heavy atom. The molecule has 0 saturated carbocycles. The van der Waals surface area contributed by atoms with Crippen LogP contribution < -0.4 is 0 Å². The highest BCUT2D eigenvalue weighted by Gasteiger charge is 2.24. The van der Waals surface area contributed by atoms with Crippen LogP contribution in [0.2, 0.25) is 0 Å². The van der Waals surface area contributed by atoms with Crippen LogP contribution in [0.1, 0.15) is 20.8 Å². The number of carbonyl (C=O) groups is 1. The van der Waals surface area contributed by atoms with Crippen molar-refractivity contribution in [2.45, 2.75) is 26.9 Å². The van der Waals surface area contributed by atoms with Gasteiger partial charge in [-0.2, -0.15) is 0 Å². The molecule has 0 aliphatic carbocycles. The van der Waals surface area contributed by atoms with Gasteiger partial charge in [0, 0.05) is 15.4 Å². The maximum atomic E-state index is 10.8. The van der Waals surface area contributed by atoms with Crippen molar-refractivity contribution in [3.63, 3.8) is 0 Å². The molecule has 5 nitrogen and oxygen atoms in total. The topological polar surface area (TPSA) is 75.1 Å². The largest absolute Gasteiger partial charge is 0.453 e. The molecule has 1 amide bonds. The molecule has 0 aromatic carbocycles. The van der Waals surface area contributed by atoms with Crippen LogP contribution in [-0.2, 0) is 4.74 Å². The Labute approximate surface area is 77.0 Å². The Bertz CT molecular complexity index is 249. The summed E-state index contributed by atoms with van der Waals surface area (Å²) in [6, 6.07) is 0. The Morgan fingerprint density at radius 1 is 1.69 bits per heavy atom. The van der Waals surface area contributed by atoms with Crippen LogP contribution in [-0.4, -0.2) is 12.2 Å². The van der Waals surface area contributed by atoms with E-state index in [2.05, 4.69) is 16.6 Å². The fraction of sp³-hybridized carbons (Fsp3) is 0.625. The van der Waals surface area contributed by atoms with Crippen molar-refractivity contribution in [2.75, 3.05) is 0 Å². The average Bonchev–Trinajstić information content (AvgIpc) is 1.98. The van der Waals surface area contributed by atoms with E-state index >= 15 is 0 Å². The SMILES string of the molecule is C=CC(OC(=O)N=[N+]=[N-])C(C)(C)C. The van der Waals surface area contributed by atoms with Crippen molar-refractivity contribution in [1.29, 1.82) is 0 Å². The molecule has 0 bridgehead atoms. The lowest BCUT2D eigenvalue weighted by molar-refractivity contribution is 0.0684. The Hall–Kier alpha value is -1.48. The van der Waals surface area contributed by atoms with E-state index in [1.165, 1.54) is 6.08 Å². The molecule has 1 atom stereocenters. The molecule has 0 radical (unpaired) electrons. The molecule has 0 rings (SSSR count). The summed E-state index contributed by atoms with van der Waals surface area (Å²) < 4.78 is 4.83. The number of amides is 1. The van der Waals surface area contributed by atoms with Gasteiger partial charge >= 0.3 is 6.09 Å². The second-order valence-electron chi connectivity index (χ2n) is 3.60. The van der Waals surface area contributed by atoms with E-state index in [0.717, 1.165) is 0 Å². The first-order chi connectivity index (χ1) is 5.91. The highest BCUT2D eigenvalue weighted by atomic mass is 16.6. The zero-order chi connectivity index (χ0) is 10.5. The van der Waals surface area contributed by atoms with Gasteiger partial charge in [0.2, 0.25) is 0 Å². The van der Waals surface area contributed by atoms with Crippen LogP contribution in [0.5, 0.6) is 0 Å². The molecular formula is C8H13N3O2. The van der Waals surface area contributed by atoms with Gasteiger partial charge in [0.25, 0.3) is 0 Å². The second kappa shape index (κ2) is 4.52. The fourth-order valence-corrected chi connectivity index (χ4v) is 0.747. The first kappa shape index (κ1) is 11.5. The van der Waals surface area contributed by atoms with Gasteiger partial charge in [0.05, 0.1) is 0 Å². The van der Waals surface area contributed by atoms with Gasteiger partial charge in [0.15, 0.2) is 0 Å². The molecule has 0 fully saturated rings. The third-order valence-electron chi connectivity index (χ3n) is 1.42. The zero-order valence-electron chi connectivity index (χ0n) is 8.02. The predicted molar refractivity (Wildman–Crippen MR) is 49.1 cm³/mol. The fourth-order valence-electron chi connectivity index (χ4n) is 0.747. The van der Waals surface area contributed by atoms with Crippen molar-refractivity contribution in [1.82, 2.24) is 0 Å². The third kappa shape index (κ3) is 4.18. The van der Waals surface area contributed by atoms with Crippen LogP contribution in [0.25, 0.3) is 10.4 Å². The summed E-state index contributed by atoms with van der Waals surface area (Å²) in [5, 5.41) is 2.80. The van der Waals surface area contributed by atoms with Gasteiger partial charge in [-0.15, -0.1) is 0 Å². The van der Waals surface area contributed by atoms with Crippen molar-refractivity contribution in [3.8, 4) is 0 Å².